The predicted octanol–water partition coefficient (Wildman–Crippen LogP) is 3.33. The lowest BCUT2D eigenvalue weighted by molar-refractivity contribution is 0.00639. The standard InChI is InChI=1S/C18H36BCl3O6/c1-13(4-7-16(23)10-20)26-19(27-14(2)5-8-17(24)11-21)28-15(3)6-9-18(25)12-22/h13-18,23-25H,4-12H2,1-3H3. The SMILES string of the molecule is CC(CCC(O)CCl)OB(OC(C)CCC(O)CCl)OC(C)CCC(O)CCl. The molecule has 0 bridgehead atoms. The van der Waals surface area contributed by atoms with Gasteiger partial charge in [0.15, 0.2) is 0 Å². The van der Waals surface area contributed by atoms with Crippen LogP contribution in [0.15, 0.2) is 0 Å². The Morgan fingerprint density at radius 2 is 0.821 bits per heavy atom. The maximum absolute atomic E-state index is 9.60. The van der Waals surface area contributed by atoms with E-state index in [1.807, 2.05) is 20.8 Å². The van der Waals surface area contributed by atoms with E-state index in [0.717, 1.165) is 0 Å². The number of hydrogen-bond donors (Lipinski definition) is 3. The van der Waals surface area contributed by atoms with E-state index in [2.05, 4.69) is 0 Å². The van der Waals surface area contributed by atoms with Crippen LogP contribution in [0.5, 0.6) is 0 Å². The fraction of sp³-hybridized carbons (Fsp3) is 1.00. The smallest absolute Gasteiger partial charge is 0.392 e. The van der Waals surface area contributed by atoms with Crippen molar-refractivity contribution in [2.75, 3.05) is 17.6 Å². The summed E-state index contributed by atoms with van der Waals surface area (Å²) in [6, 6.07) is 0. The zero-order chi connectivity index (χ0) is 21.5. The number of hydrogen-bond acceptors (Lipinski definition) is 6. The molecular formula is C18H36BCl3O6. The minimum absolute atomic E-state index is 0.184. The van der Waals surface area contributed by atoms with E-state index in [9.17, 15) is 15.3 Å². The minimum atomic E-state index is -0.894. The molecule has 3 N–H and O–H groups in total. The van der Waals surface area contributed by atoms with Crippen LogP contribution in [0.1, 0.15) is 59.3 Å². The lowest BCUT2D eigenvalue weighted by atomic mass is 10.1. The van der Waals surface area contributed by atoms with E-state index >= 15 is 0 Å². The Morgan fingerprint density at radius 3 is 1.04 bits per heavy atom. The summed E-state index contributed by atoms with van der Waals surface area (Å²) in [6.45, 7) is 5.64. The molecule has 6 unspecified atom stereocenters. The molecule has 0 radical (unpaired) electrons. The predicted molar refractivity (Wildman–Crippen MR) is 115 cm³/mol. The van der Waals surface area contributed by atoms with Gasteiger partial charge in [0.2, 0.25) is 0 Å². The van der Waals surface area contributed by atoms with Crippen molar-refractivity contribution in [1.82, 2.24) is 0 Å². The lowest BCUT2D eigenvalue weighted by Gasteiger charge is -2.26. The van der Waals surface area contributed by atoms with Crippen molar-refractivity contribution in [3.05, 3.63) is 0 Å². The molecule has 6 nitrogen and oxygen atoms in total. The van der Waals surface area contributed by atoms with Crippen molar-refractivity contribution in [2.24, 2.45) is 0 Å². The average molecular weight is 466 g/mol. The summed E-state index contributed by atoms with van der Waals surface area (Å²) in [5, 5.41) is 28.8. The van der Waals surface area contributed by atoms with E-state index < -0.39 is 25.6 Å². The molecule has 10 heteroatoms. The van der Waals surface area contributed by atoms with Gasteiger partial charge in [-0.2, -0.15) is 0 Å². The molecule has 0 aliphatic heterocycles. The summed E-state index contributed by atoms with van der Waals surface area (Å²) in [6.07, 6.45) is 1.06. The molecule has 6 atom stereocenters. The molecule has 0 aromatic carbocycles. The van der Waals surface area contributed by atoms with Gasteiger partial charge in [-0.1, -0.05) is 0 Å². The number of alkyl halides is 3. The number of halogens is 3. The molecule has 168 valence electrons. The first-order chi connectivity index (χ1) is 13.2. The van der Waals surface area contributed by atoms with Gasteiger partial charge in [-0.25, -0.2) is 0 Å². The molecule has 0 saturated heterocycles. The van der Waals surface area contributed by atoms with Crippen LogP contribution >= 0.6 is 34.8 Å². The zero-order valence-electron chi connectivity index (χ0n) is 17.1. The Hall–Kier alpha value is 0.695. The fourth-order valence-electron chi connectivity index (χ4n) is 2.38. The second-order valence-electron chi connectivity index (χ2n) is 7.29. The lowest BCUT2D eigenvalue weighted by Crippen LogP contribution is -2.37. The maximum Gasteiger partial charge on any atom is 0.639 e. The van der Waals surface area contributed by atoms with Gasteiger partial charge < -0.3 is 29.3 Å². The fourth-order valence-corrected chi connectivity index (χ4v) is 2.85. The van der Waals surface area contributed by atoms with Crippen LogP contribution in [0.2, 0.25) is 0 Å². The highest BCUT2D eigenvalue weighted by Gasteiger charge is 2.29. The van der Waals surface area contributed by atoms with Crippen molar-refractivity contribution < 1.29 is 29.3 Å². The minimum Gasteiger partial charge on any atom is -0.392 e. The van der Waals surface area contributed by atoms with Gasteiger partial charge >= 0.3 is 7.32 Å². The topological polar surface area (TPSA) is 88.4 Å². The molecule has 28 heavy (non-hydrogen) atoms. The van der Waals surface area contributed by atoms with Gasteiger partial charge in [-0.3, -0.25) is 0 Å². The Bertz CT molecular complexity index is 320. The van der Waals surface area contributed by atoms with E-state index in [0.29, 0.717) is 38.5 Å². The van der Waals surface area contributed by atoms with Crippen molar-refractivity contribution in [1.29, 1.82) is 0 Å². The van der Waals surface area contributed by atoms with Crippen LogP contribution < -0.4 is 0 Å². The maximum atomic E-state index is 9.60. The molecule has 0 spiro atoms. The largest absolute Gasteiger partial charge is 0.639 e. The highest BCUT2D eigenvalue weighted by molar-refractivity contribution is 6.36. The normalized spacial score (nSPS) is 18.3. The molecule has 0 aromatic heterocycles. The summed E-state index contributed by atoms with van der Waals surface area (Å²) in [4.78, 5) is 0. The van der Waals surface area contributed by atoms with Gasteiger partial charge in [0.25, 0.3) is 0 Å². The Morgan fingerprint density at radius 1 is 0.571 bits per heavy atom. The van der Waals surface area contributed by atoms with Gasteiger partial charge in [0.05, 0.1) is 18.3 Å². The van der Waals surface area contributed by atoms with Crippen LogP contribution in [0.3, 0.4) is 0 Å². The van der Waals surface area contributed by atoms with Gasteiger partial charge in [-0.05, 0) is 59.3 Å². The first-order valence-corrected chi connectivity index (χ1v) is 11.5. The van der Waals surface area contributed by atoms with Crippen molar-refractivity contribution >= 4 is 42.1 Å². The van der Waals surface area contributed by atoms with E-state index in [1.54, 1.807) is 0 Å². The van der Waals surface area contributed by atoms with Crippen LogP contribution in [0.25, 0.3) is 0 Å². The summed E-state index contributed by atoms with van der Waals surface area (Å²) >= 11 is 16.9. The first kappa shape index (κ1) is 28.7. The number of aliphatic hydroxyl groups is 3. The van der Waals surface area contributed by atoms with Crippen molar-refractivity contribution in [3.8, 4) is 0 Å². The van der Waals surface area contributed by atoms with Crippen molar-refractivity contribution in [2.45, 2.75) is 95.9 Å². The van der Waals surface area contributed by atoms with Crippen LogP contribution in [-0.2, 0) is 14.0 Å². The summed E-state index contributed by atoms with van der Waals surface area (Å²) in [7, 11) is -0.894. The summed E-state index contributed by atoms with van der Waals surface area (Å²) in [5.74, 6) is 0.551. The third kappa shape index (κ3) is 15.5. The number of aliphatic hydroxyl groups excluding tert-OH is 3. The quantitative estimate of drug-likeness (QED) is 0.213. The summed E-state index contributed by atoms with van der Waals surface area (Å²) < 4.78 is 17.6. The van der Waals surface area contributed by atoms with Crippen molar-refractivity contribution in [3.63, 3.8) is 0 Å². The molecule has 0 aliphatic rings. The second-order valence-corrected chi connectivity index (χ2v) is 8.21. The average Bonchev–Trinajstić information content (AvgIpc) is 2.67. The third-order valence-corrected chi connectivity index (χ3v) is 5.35. The third-order valence-electron chi connectivity index (χ3n) is 4.28. The van der Waals surface area contributed by atoms with Crippen LogP contribution in [0, 0.1) is 0 Å². The summed E-state index contributed by atoms with van der Waals surface area (Å²) in [5.41, 5.74) is 0. The molecule has 0 aromatic rings. The van der Waals surface area contributed by atoms with Crippen LogP contribution in [0.4, 0.5) is 0 Å². The Balaban J connectivity index is 4.62. The monoisotopic (exact) mass is 464 g/mol. The highest BCUT2D eigenvalue weighted by Crippen LogP contribution is 2.15. The van der Waals surface area contributed by atoms with E-state index in [1.165, 1.54) is 0 Å². The number of rotatable bonds is 18. The Kier molecular flexibility index (Phi) is 17.8. The Labute approximate surface area is 185 Å². The molecule has 0 heterocycles. The van der Waals surface area contributed by atoms with E-state index in [4.69, 9.17) is 48.8 Å². The van der Waals surface area contributed by atoms with Gasteiger partial charge in [0, 0.05) is 36.0 Å². The zero-order valence-corrected chi connectivity index (χ0v) is 19.4. The molecule has 0 saturated carbocycles. The highest BCUT2D eigenvalue weighted by atomic mass is 35.5. The van der Waals surface area contributed by atoms with Crippen LogP contribution in [-0.4, -0.2) is 76.9 Å². The molecular weight excluding hydrogens is 429 g/mol. The van der Waals surface area contributed by atoms with E-state index in [-0.39, 0.29) is 36.0 Å². The first-order valence-electron chi connectivity index (χ1n) is 9.90. The van der Waals surface area contributed by atoms with Gasteiger partial charge in [0.1, 0.15) is 0 Å². The second kappa shape index (κ2) is 17.4. The molecule has 0 fully saturated rings. The molecule has 0 rings (SSSR count). The molecule has 0 aliphatic carbocycles. The molecule has 0 amide bonds. The van der Waals surface area contributed by atoms with Gasteiger partial charge in [-0.15, -0.1) is 34.8 Å².